The van der Waals surface area contributed by atoms with Gasteiger partial charge in [-0.3, -0.25) is 0 Å². The number of nitriles is 2. The zero-order chi connectivity index (χ0) is 14.3. The van der Waals surface area contributed by atoms with Crippen molar-refractivity contribution >= 4 is 5.69 Å². The lowest BCUT2D eigenvalue weighted by Crippen LogP contribution is -2.29. The van der Waals surface area contributed by atoms with E-state index in [1.807, 2.05) is 6.07 Å². The van der Waals surface area contributed by atoms with Crippen LogP contribution < -0.4 is 9.64 Å². The second-order valence-electron chi connectivity index (χ2n) is 4.74. The molecule has 1 rings (SSSR count). The predicted molar refractivity (Wildman–Crippen MR) is 75.0 cm³/mol. The van der Waals surface area contributed by atoms with Crippen LogP contribution in [0.2, 0.25) is 0 Å². The van der Waals surface area contributed by atoms with Crippen LogP contribution in [-0.2, 0) is 0 Å². The van der Waals surface area contributed by atoms with Crippen LogP contribution >= 0.6 is 0 Å². The zero-order valence-corrected chi connectivity index (χ0v) is 11.7. The lowest BCUT2D eigenvalue weighted by Gasteiger charge is -2.27. The first-order chi connectivity index (χ1) is 9.12. The fraction of sp³-hybridized carbons (Fsp3) is 0.467. The number of hydrogen-bond acceptors (Lipinski definition) is 4. The summed E-state index contributed by atoms with van der Waals surface area (Å²) in [7, 11) is 1.60. The third-order valence-corrected chi connectivity index (χ3v) is 2.75. The van der Waals surface area contributed by atoms with E-state index in [-0.39, 0.29) is 0 Å². The molecule has 4 heteroatoms. The lowest BCUT2D eigenvalue weighted by molar-refractivity contribution is 0.414. The molecule has 0 bridgehead atoms. The third-order valence-electron chi connectivity index (χ3n) is 2.75. The second-order valence-corrected chi connectivity index (χ2v) is 4.74. The number of rotatable bonds is 6. The van der Waals surface area contributed by atoms with E-state index in [1.54, 1.807) is 19.2 Å². The molecule has 4 nitrogen and oxygen atoms in total. The van der Waals surface area contributed by atoms with E-state index in [2.05, 4.69) is 30.9 Å². The SMILES string of the molecule is COc1ccc(C#N)c(N(CCC#N)CC(C)C)c1. The maximum absolute atomic E-state index is 9.21. The van der Waals surface area contributed by atoms with Crippen LogP contribution in [0.5, 0.6) is 5.75 Å². The number of nitrogens with zero attached hydrogens (tertiary/aromatic N) is 3. The van der Waals surface area contributed by atoms with Crippen molar-refractivity contribution in [1.29, 1.82) is 10.5 Å². The Bertz CT molecular complexity index is 497. The van der Waals surface area contributed by atoms with Crippen LogP contribution in [0.4, 0.5) is 5.69 Å². The first-order valence-corrected chi connectivity index (χ1v) is 6.32. The van der Waals surface area contributed by atoms with Gasteiger partial charge in [0.1, 0.15) is 11.8 Å². The average Bonchev–Trinajstić information content (AvgIpc) is 2.42. The van der Waals surface area contributed by atoms with E-state index < -0.39 is 0 Å². The molecule has 0 aliphatic rings. The molecule has 1 aromatic rings. The minimum atomic E-state index is 0.439. The number of methoxy groups -OCH3 is 1. The van der Waals surface area contributed by atoms with E-state index in [0.29, 0.717) is 24.4 Å². The molecule has 0 saturated heterocycles. The molecular formula is C15H19N3O. The summed E-state index contributed by atoms with van der Waals surface area (Å²) in [5.41, 5.74) is 1.45. The number of anilines is 1. The smallest absolute Gasteiger partial charge is 0.121 e. The van der Waals surface area contributed by atoms with Gasteiger partial charge in [0.2, 0.25) is 0 Å². The topological polar surface area (TPSA) is 60.0 Å². The van der Waals surface area contributed by atoms with Crippen molar-refractivity contribution in [1.82, 2.24) is 0 Å². The van der Waals surface area contributed by atoms with E-state index in [9.17, 15) is 5.26 Å². The van der Waals surface area contributed by atoms with Crippen LogP contribution in [0, 0.1) is 28.6 Å². The van der Waals surface area contributed by atoms with Gasteiger partial charge in [-0.15, -0.1) is 0 Å². The standard InChI is InChI=1S/C15H19N3O/c1-12(2)11-18(8-4-7-16)15-9-14(19-3)6-5-13(15)10-17/h5-6,9,12H,4,8,11H2,1-3H3. The van der Waals surface area contributed by atoms with Crippen molar-refractivity contribution in [3.05, 3.63) is 23.8 Å². The van der Waals surface area contributed by atoms with Gasteiger partial charge in [-0.25, -0.2) is 0 Å². The first kappa shape index (κ1) is 14.9. The van der Waals surface area contributed by atoms with Gasteiger partial charge in [-0.1, -0.05) is 13.8 Å². The molecule has 19 heavy (non-hydrogen) atoms. The van der Waals surface area contributed by atoms with Gasteiger partial charge in [-0.05, 0) is 18.1 Å². The largest absolute Gasteiger partial charge is 0.497 e. The highest BCUT2D eigenvalue weighted by Gasteiger charge is 2.13. The monoisotopic (exact) mass is 257 g/mol. The fourth-order valence-electron chi connectivity index (χ4n) is 1.93. The summed E-state index contributed by atoms with van der Waals surface area (Å²) < 4.78 is 5.21. The van der Waals surface area contributed by atoms with Crippen LogP contribution in [0.1, 0.15) is 25.8 Å². The molecule has 0 aromatic heterocycles. The van der Waals surface area contributed by atoms with Gasteiger partial charge in [0, 0.05) is 19.2 Å². The molecule has 0 spiro atoms. The van der Waals surface area contributed by atoms with Crippen LogP contribution in [0.15, 0.2) is 18.2 Å². The zero-order valence-electron chi connectivity index (χ0n) is 11.7. The number of hydrogen-bond donors (Lipinski definition) is 0. The molecule has 1 aromatic carbocycles. The highest BCUT2D eigenvalue weighted by atomic mass is 16.5. The Morgan fingerprint density at radius 3 is 2.58 bits per heavy atom. The Hall–Kier alpha value is -2.20. The molecule has 0 heterocycles. The Labute approximate surface area is 114 Å². The third kappa shape index (κ3) is 4.19. The Morgan fingerprint density at radius 1 is 1.32 bits per heavy atom. The van der Waals surface area contributed by atoms with Gasteiger partial charge in [-0.2, -0.15) is 10.5 Å². The van der Waals surface area contributed by atoms with Crippen molar-refractivity contribution in [3.63, 3.8) is 0 Å². The summed E-state index contributed by atoms with van der Waals surface area (Å²) in [5.74, 6) is 1.18. The summed E-state index contributed by atoms with van der Waals surface area (Å²) in [6.45, 7) is 5.66. The molecule has 0 amide bonds. The van der Waals surface area contributed by atoms with Crippen LogP contribution in [0.25, 0.3) is 0 Å². The second kappa shape index (κ2) is 7.28. The summed E-state index contributed by atoms with van der Waals surface area (Å²) in [4.78, 5) is 2.08. The van der Waals surface area contributed by atoms with E-state index >= 15 is 0 Å². The Balaban J connectivity index is 3.12. The van der Waals surface area contributed by atoms with Crippen molar-refractivity contribution < 1.29 is 4.74 Å². The van der Waals surface area contributed by atoms with Gasteiger partial charge in [0.25, 0.3) is 0 Å². The van der Waals surface area contributed by atoms with Crippen LogP contribution in [0.3, 0.4) is 0 Å². The summed E-state index contributed by atoms with van der Waals surface area (Å²) >= 11 is 0. The van der Waals surface area contributed by atoms with Crippen molar-refractivity contribution in [3.8, 4) is 17.9 Å². The number of ether oxygens (including phenoxy) is 1. The van der Waals surface area contributed by atoms with Gasteiger partial charge in [0.05, 0.1) is 30.9 Å². The molecule has 0 fully saturated rings. The molecule has 0 aliphatic carbocycles. The summed E-state index contributed by atoms with van der Waals surface area (Å²) in [6.07, 6.45) is 0.439. The quantitative estimate of drug-likeness (QED) is 0.786. The van der Waals surface area contributed by atoms with E-state index in [4.69, 9.17) is 10.00 Å². The molecule has 0 atom stereocenters. The molecule has 100 valence electrons. The minimum absolute atomic E-state index is 0.439. The predicted octanol–water partition coefficient (Wildman–Crippen LogP) is 2.94. The van der Waals surface area contributed by atoms with E-state index in [0.717, 1.165) is 18.0 Å². The highest BCUT2D eigenvalue weighted by molar-refractivity contribution is 5.62. The lowest BCUT2D eigenvalue weighted by atomic mass is 10.1. The van der Waals surface area contributed by atoms with Crippen molar-refractivity contribution in [2.75, 3.05) is 25.1 Å². The highest BCUT2D eigenvalue weighted by Crippen LogP contribution is 2.26. The Kier molecular flexibility index (Phi) is 5.70. The fourth-order valence-corrected chi connectivity index (χ4v) is 1.93. The molecule has 0 radical (unpaired) electrons. The Morgan fingerprint density at radius 2 is 2.05 bits per heavy atom. The maximum Gasteiger partial charge on any atom is 0.121 e. The molecular weight excluding hydrogens is 238 g/mol. The molecule has 0 N–H and O–H groups in total. The summed E-state index contributed by atoms with van der Waals surface area (Å²) in [6, 6.07) is 9.74. The minimum Gasteiger partial charge on any atom is -0.497 e. The molecule has 0 aliphatic heterocycles. The molecule has 0 unspecified atom stereocenters. The van der Waals surface area contributed by atoms with Gasteiger partial charge in [0.15, 0.2) is 0 Å². The van der Waals surface area contributed by atoms with Gasteiger partial charge < -0.3 is 9.64 Å². The molecule has 0 saturated carbocycles. The average molecular weight is 257 g/mol. The maximum atomic E-state index is 9.21. The van der Waals surface area contributed by atoms with Gasteiger partial charge >= 0.3 is 0 Å². The summed E-state index contributed by atoms with van der Waals surface area (Å²) in [5, 5.41) is 18.0. The normalized spacial score (nSPS) is 9.79. The van der Waals surface area contributed by atoms with Crippen molar-refractivity contribution in [2.24, 2.45) is 5.92 Å². The van der Waals surface area contributed by atoms with E-state index in [1.165, 1.54) is 0 Å². The van der Waals surface area contributed by atoms with Crippen LogP contribution in [-0.4, -0.2) is 20.2 Å². The number of benzene rings is 1. The van der Waals surface area contributed by atoms with Crippen molar-refractivity contribution in [2.45, 2.75) is 20.3 Å². The first-order valence-electron chi connectivity index (χ1n) is 6.32.